The Morgan fingerprint density at radius 2 is 1.94 bits per heavy atom. The molecule has 102 valence electrons. The Morgan fingerprint density at radius 1 is 1.22 bits per heavy atom. The van der Waals surface area contributed by atoms with Crippen LogP contribution in [0.2, 0.25) is 0 Å². The maximum Gasteiger partial charge on any atom is 0.236 e. The SMILES string of the molecule is CC(=O)CC1CCCN1CC(=O)N1CCOCC1. The largest absolute Gasteiger partial charge is 0.378 e. The van der Waals surface area contributed by atoms with E-state index in [9.17, 15) is 9.59 Å². The van der Waals surface area contributed by atoms with Gasteiger partial charge in [-0.3, -0.25) is 14.5 Å². The van der Waals surface area contributed by atoms with E-state index in [1.165, 1.54) is 0 Å². The van der Waals surface area contributed by atoms with Crippen molar-refractivity contribution in [2.24, 2.45) is 0 Å². The summed E-state index contributed by atoms with van der Waals surface area (Å²) in [4.78, 5) is 27.4. The molecule has 1 atom stereocenters. The highest BCUT2D eigenvalue weighted by Gasteiger charge is 2.28. The van der Waals surface area contributed by atoms with E-state index in [1.807, 2.05) is 4.90 Å². The first-order chi connectivity index (χ1) is 8.66. The highest BCUT2D eigenvalue weighted by molar-refractivity contribution is 5.79. The fraction of sp³-hybridized carbons (Fsp3) is 0.846. The number of ketones is 1. The van der Waals surface area contributed by atoms with Crippen LogP contribution >= 0.6 is 0 Å². The molecule has 2 rings (SSSR count). The summed E-state index contributed by atoms with van der Waals surface area (Å²) in [6, 6.07) is 0.271. The number of ether oxygens (including phenoxy) is 1. The van der Waals surface area contributed by atoms with Gasteiger partial charge in [-0.2, -0.15) is 0 Å². The Hall–Kier alpha value is -0.940. The second kappa shape index (κ2) is 6.29. The van der Waals surface area contributed by atoms with Crippen LogP contribution < -0.4 is 0 Å². The van der Waals surface area contributed by atoms with Gasteiger partial charge in [0.1, 0.15) is 5.78 Å². The molecule has 2 saturated heterocycles. The van der Waals surface area contributed by atoms with Crippen LogP contribution in [0.3, 0.4) is 0 Å². The molecule has 2 fully saturated rings. The van der Waals surface area contributed by atoms with Gasteiger partial charge in [-0.1, -0.05) is 0 Å². The van der Waals surface area contributed by atoms with E-state index < -0.39 is 0 Å². The molecule has 2 heterocycles. The van der Waals surface area contributed by atoms with Crippen LogP contribution in [0.5, 0.6) is 0 Å². The van der Waals surface area contributed by atoms with Crippen LogP contribution in [0.4, 0.5) is 0 Å². The van der Waals surface area contributed by atoms with Crippen LogP contribution in [-0.2, 0) is 14.3 Å². The second-order valence-electron chi connectivity index (χ2n) is 5.17. The number of carbonyl (C=O) groups excluding carboxylic acids is 2. The molecule has 1 amide bonds. The third-order valence-corrected chi connectivity index (χ3v) is 3.72. The number of morpholine rings is 1. The Morgan fingerprint density at radius 3 is 2.61 bits per heavy atom. The van der Waals surface area contributed by atoms with Crippen LogP contribution in [-0.4, -0.2) is 66.9 Å². The zero-order valence-corrected chi connectivity index (χ0v) is 11.1. The number of carbonyl (C=O) groups is 2. The predicted molar refractivity (Wildman–Crippen MR) is 67.3 cm³/mol. The van der Waals surface area contributed by atoms with Crippen molar-refractivity contribution in [3.63, 3.8) is 0 Å². The molecule has 2 aliphatic heterocycles. The van der Waals surface area contributed by atoms with Crippen molar-refractivity contribution >= 4 is 11.7 Å². The molecular formula is C13H22N2O3. The topological polar surface area (TPSA) is 49.9 Å². The summed E-state index contributed by atoms with van der Waals surface area (Å²) < 4.78 is 5.24. The Kier molecular flexibility index (Phi) is 4.72. The number of Topliss-reactive ketones (excluding diaryl/α,β-unsaturated/α-hetero) is 1. The van der Waals surface area contributed by atoms with Gasteiger partial charge >= 0.3 is 0 Å². The van der Waals surface area contributed by atoms with E-state index in [0.717, 1.165) is 19.4 Å². The monoisotopic (exact) mass is 254 g/mol. The van der Waals surface area contributed by atoms with Gasteiger partial charge in [-0.25, -0.2) is 0 Å². The molecule has 0 radical (unpaired) electrons. The lowest BCUT2D eigenvalue weighted by molar-refractivity contribution is -0.137. The van der Waals surface area contributed by atoms with Crippen molar-refractivity contribution in [2.75, 3.05) is 39.4 Å². The first-order valence-electron chi connectivity index (χ1n) is 6.76. The van der Waals surface area contributed by atoms with Crippen LogP contribution in [0, 0.1) is 0 Å². The number of nitrogens with zero attached hydrogens (tertiary/aromatic N) is 2. The number of hydrogen-bond donors (Lipinski definition) is 0. The Balaban J connectivity index is 1.83. The minimum absolute atomic E-state index is 0.175. The Bertz CT molecular complexity index is 313. The zero-order valence-electron chi connectivity index (χ0n) is 11.1. The van der Waals surface area contributed by atoms with Gasteiger partial charge in [0, 0.05) is 25.6 Å². The van der Waals surface area contributed by atoms with E-state index in [1.54, 1.807) is 6.92 Å². The van der Waals surface area contributed by atoms with E-state index in [2.05, 4.69) is 4.90 Å². The van der Waals surface area contributed by atoms with Gasteiger partial charge in [0.25, 0.3) is 0 Å². The molecule has 0 N–H and O–H groups in total. The van der Waals surface area contributed by atoms with Crippen LogP contribution in [0.1, 0.15) is 26.2 Å². The lowest BCUT2D eigenvalue weighted by Crippen LogP contribution is -2.46. The number of amides is 1. The smallest absolute Gasteiger partial charge is 0.236 e. The molecule has 0 aliphatic carbocycles. The molecule has 0 spiro atoms. The van der Waals surface area contributed by atoms with E-state index in [-0.39, 0.29) is 17.7 Å². The lowest BCUT2D eigenvalue weighted by Gasteiger charge is -2.30. The highest BCUT2D eigenvalue weighted by atomic mass is 16.5. The van der Waals surface area contributed by atoms with Crippen molar-refractivity contribution in [3.05, 3.63) is 0 Å². The van der Waals surface area contributed by atoms with Gasteiger partial charge in [0.15, 0.2) is 0 Å². The number of likely N-dealkylation sites (tertiary alicyclic amines) is 1. The molecule has 5 nitrogen and oxygen atoms in total. The third-order valence-electron chi connectivity index (χ3n) is 3.72. The molecule has 0 saturated carbocycles. The zero-order chi connectivity index (χ0) is 13.0. The summed E-state index contributed by atoms with van der Waals surface area (Å²) >= 11 is 0. The molecule has 5 heteroatoms. The quantitative estimate of drug-likeness (QED) is 0.723. The summed E-state index contributed by atoms with van der Waals surface area (Å²) in [5, 5.41) is 0. The van der Waals surface area contributed by atoms with E-state index >= 15 is 0 Å². The van der Waals surface area contributed by atoms with Crippen molar-refractivity contribution in [2.45, 2.75) is 32.2 Å². The Labute approximate surface area is 108 Å². The fourth-order valence-electron chi connectivity index (χ4n) is 2.75. The molecule has 0 aromatic heterocycles. The average molecular weight is 254 g/mol. The molecule has 1 unspecified atom stereocenters. The third kappa shape index (κ3) is 3.53. The summed E-state index contributed by atoms with van der Waals surface area (Å²) in [6.45, 7) is 5.70. The van der Waals surface area contributed by atoms with Crippen LogP contribution in [0.25, 0.3) is 0 Å². The summed E-state index contributed by atoms with van der Waals surface area (Å²) in [5.74, 6) is 0.388. The minimum atomic E-state index is 0.175. The predicted octanol–water partition coefficient (Wildman–Crippen LogP) is 0.289. The maximum absolute atomic E-state index is 12.1. The molecule has 0 bridgehead atoms. The van der Waals surface area contributed by atoms with Crippen molar-refractivity contribution in [3.8, 4) is 0 Å². The van der Waals surface area contributed by atoms with E-state index in [0.29, 0.717) is 39.3 Å². The normalized spacial score (nSPS) is 25.4. The fourth-order valence-corrected chi connectivity index (χ4v) is 2.75. The highest BCUT2D eigenvalue weighted by Crippen LogP contribution is 2.20. The molecule has 0 aromatic carbocycles. The first-order valence-corrected chi connectivity index (χ1v) is 6.76. The molecule has 18 heavy (non-hydrogen) atoms. The summed E-state index contributed by atoms with van der Waals surface area (Å²) in [7, 11) is 0. The number of hydrogen-bond acceptors (Lipinski definition) is 4. The maximum atomic E-state index is 12.1. The van der Waals surface area contributed by atoms with Gasteiger partial charge in [0.05, 0.1) is 19.8 Å². The summed E-state index contributed by atoms with van der Waals surface area (Å²) in [6.07, 6.45) is 2.71. The minimum Gasteiger partial charge on any atom is -0.378 e. The van der Waals surface area contributed by atoms with Crippen molar-refractivity contribution < 1.29 is 14.3 Å². The van der Waals surface area contributed by atoms with Gasteiger partial charge in [0.2, 0.25) is 5.91 Å². The summed E-state index contributed by atoms with van der Waals surface area (Å²) in [5.41, 5.74) is 0. The second-order valence-corrected chi connectivity index (χ2v) is 5.17. The average Bonchev–Trinajstić information content (AvgIpc) is 2.77. The lowest BCUT2D eigenvalue weighted by atomic mass is 10.1. The van der Waals surface area contributed by atoms with Crippen LogP contribution in [0.15, 0.2) is 0 Å². The van der Waals surface area contributed by atoms with Crippen molar-refractivity contribution in [1.29, 1.82) is 0 Å². The standard InChI is InChI=1S/C13H22N2O3/c1-11(16)9-12-3-2-4-15(12)10-13(17)14-5-7-18-8-6-14/h12H,2-10H2,1H3. The molecular weight excluding hydrogens is 232 g/mol. The van der Waals surface area contributed by atoms with Crippen molar-refractivity contribution in [1.82, 2.24) is 9.80 Å². The van der Waals surface area contributed by atoms with Gasteiger partial charge in [-0.05, 0) is 26.3 Å². The van der Waals surface area contributed by atoms with E-state index in [4.69, 9.17) is 4.74 Å². The first kappa shape index (κ1) is 13.5. The number of rotatable bonds is 4. The van der Waals surface area contributed by atoms with Gasteiger partial charge in [-0.15, -0.1) is 0 Å². The van der Waals surface area contributed by atoms with Gasteiger partial charge < -0.3 is 9.64 Å². The molecule has 0 aromatic rings. The molecule has 2 aliphatic rings.